The Morgan fingerprint density at radius 3 is 2.17 bits per heavy atom. The van der Waals surface area contributed by atoms with E-state index in [1.165, 1.54) is 17.3 Å². The third kappa shape index (κ3) is 3.53. The third-order valence-electron chi connectivity index (χ3n) is 5.03. The summed E-state index contributed by atoms with van der Waals surface area (Å²) in [5.41, 5.74) is 1.99. The molecule has 30 heavy (non-hydrogen) atoms. The number of aliphatic hydroxyl groups excluding tert-OH is 1. The molecule has 1 fully saturated rings. The van der Waals surface area contributed by atoms with E-state index in [1.807, 2.05) is 0 Å². The van der Waals surface area contributed by atoms with Gasteiger partial charge < -0.3 is 14.7 Å². The maximum Gasteiger partial charge on any atom is 0.295 e. The van der Waals surface area contributed by atoms with Crippen molar-refractivity contribution in [1.82, 2.24) is 14.9 Å². The molecule has 1 N–H and O–H groups in total. The molecule has 3 heterocycles. The van der Waals surface area contributed by atoms with Gasteiger partial charge in [0.25, 0.3) is 11.7 Å². The maximum atomic E-state index is 13.0. The molecule has 2 aromatic heterocycles. The molecule has 0 radical (unpaired) electrons. The molecule has 0 saturated carbocycles. The lowest BCUT2D eigenvalue weighted by atomic mass is 9.95. The number of aliphatic hydroxyl groups is 1. The third-order valence-corrected chi connectivity index (χ3v) is 5.03. The topological polar surface area (TPSA) is 92.6 Å². The Morgan fingerprint density at radius 2 is 1.57 bits per heavy atom. The highest BCUT2D eigenvalue weighted by Gasteiger charge is 2.46. The summed E-state index contributed by atoms with van der Waals surface area (Å²) in [6.45, 7) is 0.205. The Hall–Kier alpha value is -4.00. The van der Waals surface area contributed by atoms with Crippen molar-refractivity contribution in [2.75, 3.05) is 7.11 Å². The first-order valence-electron chi connectivity index (χ1n) is 9.32. The maximum absolute atomic E-state index is 13.0. The van der Waals surface area contributed by atoms with E-state index in [-0.39, 0.29) is 17.9 Å². The monoisotopic (exact) mass is 401 g/mol. The number of likely N-dealkylation sites (tertiary alicyclic amines) is 1. The van der Waals surface area contributed by atoms with Crippen molar-refractivity contribution >= 4 is 17.4 Å². The number of Topliss-reactive ketones (excluding diaryl/α,β-unsaturated/α-hetero) is 1. The summed E-state index contributed by atoms with van der Waals surface area (Å²) < 4.78 is 5.22. The van der Waals surface area contributed by atoms with E-state index in [1.54, 1.807) is 68.0 Å². The Bertz CT molecular complexity index is 1100. The number of hydrogen-bond donors (Lipinski definition) is 1. The normalized spacial score (nSPS) is 17.9. The van der Waals surface area contributed by atoms with Crippen LogP contribution in [0.4, 0.5) is 0 Å². The minimum absolute atomic E-state index is 0.0467. The number of hydrogen-bond acceptors (Lipinski definition) is 6. The number of carbonyl (C=O) groups excluding carboxylic acids is 2. The fourth-order valence-electron chi connectivity index (χ4n) is 3.53. The average molecular weight is 401 g/mol. The summed E-state index contributed by atoms with van der Waals surface area (Å²) in [5, 5.41) is 10.9. The van der Waals surface area contributed by atoms with Crippen molar-refractivity contribution in [2.24, 2.45) is 0 Å². The van der Waals surface area contributed by atoms with Crippen molar-refractivity contribution in [1.29, 1.82) is 0 Å². The largest absolute Gasteiger partial charge is 0.507 e. The van der Waals surface area contributed by atoms with E-state index in [0.717, 1.165) is 5.56 Å². The van der Waals surface area contributed by atoms with Gasteiger partial charge in [0, 0.05) is 36.9 Å². The van der Waals surface area contributed by atoms with Crippen LogP contribution in [-0.2, 0) is 16.1 Å². The molecule has 1 unspecified atom stereocenters. The number of rotatable bonds is 5. The van der Waals surface area contributed by atoms with Gasteiger partial charge in [-0.3, -0.25) is 19.6 Å². The summed E-state index contributed by atoms with van der Waals surface area (Å²) in [6.07, 6.45) is 6.30. The van der Waals surface area contributed by atoms with E-state index in [4.69, 9.17) is 4.74 Å². The number of carbonyl (C=O) groups is 2. The fraction of sp³-hybridized carbons (Fsp3) is 0.130. The highest BCUT2D eigenvalue weighted by molar-refractivity contribution is 6.46. The van der Waals surface area contributed by atoms with Crippen LogP contribution in [0.3, 0.4) is 0 Å². The van der Waals surface area contributed by atoms with Gasteiger partial charge in [0.05, 0.1) is 18.7 Å². The van der Waals surface area contributed by atoms with Crippen LogP contribution < -0.4 is 4.74 Å². The lowest BCUT2D eigenvalue weighted by molar-refractivity contribution is -0.140. The van der Waals surface area contributed by atoms with Crippen molar-refractivity contribution < 1.29 is 19.4 Å². The van der Waals surface area contributed by atoms with Gasteiger partial charge in [0.2, 0.25) is 0 Å². The standard InChI is InChI=1S/C23H19N3O4/c1-30-18-4-2-16(3-5-18)20-19(21(27)17-8-12-25-13-9-17)22(28)23(29)26(20)14-15-6-10-24-11-7-15/h2-13,20,27H,14H2,1H3/b21-19+. The quantitative estimate of drug-likeness (QED) is 0.401. The van der Waals surface area contributed by atoms with Crippen LogP contribution in [0.5, 0.6) is 5.75 Å². The van der Waals surface area contributed by atoms with E-state index in [0.29, 0.717) is 16.9 Å². The zero-order valence-corrected chi connectivity index (χ0v) is 16.2. The second kappa shape index (κ2) is 8.16. The molecule has 150 valence electrons. The number of benzene rings is 1. The molecule has 4 rings (SSSR count). The molecule has 1 amide bonds. The molecule has 1 aliphatic rings. The molecule has 1 aromatic carbocycles. The molecule has 1 atom stereocenters. The first-order chi connectivity index (χ1) is 14.6. The van der Waals surface area contributed by atoms with Crippen LogP contribution in [0, 0.1) is 0 Å². The van der Waals surface area contributed by atoms with Crippen LogP contribution in [0.1, 0.15) is 22.7 Å². The highest BCUT2D eigenvalue weighted by atomic mass is 16.5. The summed E-state index contributed by atoms with van der Waals surface area (Å²) in [6, 6.07) is 13.1. The van der Waals surface area contributed by atoms with Crippen molar-refractivity contribution in [3.63, 3.8) is 0 Å². The molecule has 3 aromatic rings. The Labute approximate surface area is 173 Å². The molecular formula is C23H19N3O4. The zero-order valence-electron chi connectivity index (χ0n) is 16.2. The minimum atomic E-state index is -0.739. The average Bonchev–Trinajstić information content (AvgIpc) is 3.05. The first kappa shape index (κ1) is 19.3. The number of amides is 1. The minimum Gasteiger partial charge on any atom is -0.507 e. The lowest BCUT2D eigenvalue weighted by Gasteiger charge is -2.25. The second-order valence-electron chi connectivity index (χ2n) is 6.79. The summed E-state index contributed by atoms with van der Waals surface area (Å²) >= 11 is 0. The van der Waals surface area contributed by atoms with Gasteiger partial charge in [-0.05, 0) is 47.5 Å². The summed E-state index contributed by atoms with van der Waals surface area (Å²) in [4.78, 5) is 35.3. The second-order valence-corrected chi connectivity index (χ2v) is 6.79. The summed E-state index contributed by atoms with van der Waals surface area (Å²) in [7, 11) is 1.56. The molecule has 0 bridgehead atoms. The SMILES string of the molecule is COc1ccc(C2/C(=C(\O)c3ccncc3)C(=O)C(=O)N2Cc2ccncc2)cc1. The molecule has 0 spiro atoms. The Kier molecular flexibility index (Phi) is 5.26. The summed E-state index contributed by atoms with van der Waals surface area (Å²) in [5.74, 6) is -0.963. The number of methoxy groups -OCH3 is 1. The van der Waals surface area contributed by atoms with E-state index in [2.05, 4.69) is 9.97 Å². The van der Waals surface area contributed by atoms with Crippen molar-refractivity contribution in [3.8, 4) is 5.75 Å². The van der Waals surface area contributed by atoms with Crippen LogP contribution in [-0.4, -0.2) is 38.8 Å². The molecule has 0 aliphatic carbocycles. The molecular weight excluding hydrogens is 382 g/mol. The number of pyridine rings is 2. The van der Waals surface area contributed by atoms with Gasteiger partial charge in [0.1, 0.15) is 11.5 Å². The Morgan fingerprint density at radius 1 is 0.967 bits per heavy atom. The van der Waals surface area contributed by atoms with Gasteiger partial charge >= 0.3 is 0 Å². The number of ketones is 1. The molecule has 7 nitrogen and oxygen atoms in total. The van der Waals surface area contributed by atoms with E-state index >= 15 is 0 Å². The lowest BCUT2D eigenvalue weighted by Crippen LogP contribution is -2.29. The van der Waals surface area contributed by atoms with Crippen LogP contribution in [0.2, 0.25) is 0 Å². The predicted molar refractivity (Wildman–Crippen MR) is 109 cm³/mol. The van der Waals surface area contributed by atoms with E-state index < -0.39 is 17.7 Å². The number of aromatic nitrogens is 2. The first-order valence-corrected chi connectivity index (χ1v) is 9.32. The van der Waals surface area contributed by atoms with Crippen LogP contribution in [0.25, 0.3) is 5.76 Å². The van der Waals surface area contributed by atoms with Gasteiger partial charge in [-0.1, -0.05) is 12.1 Å². The highest BCUT2D eigenvalue weighted by Crippen LogP contribution is 2.40. The molecule has 1 saturated heterocycles. The predicted octanol–water partition coefficient (Wildman–Crippen LogP) is 3.11. The molecule has 1 aliphatic heterocycles. The van der Waals surface area contributed by atoms with Crippen LogP contribution in [0.15, 0.2) is 78.9 Å². The van der Waals surface area contributed by atoms with Gasteiger partial charge in [0.15, 0.2) is 0 Å². The fourth-order valence-corrected chi connectivity index (χ4v) is 3.53. The van der Waals surface area contributed by atoms with Gasteiger partial charge in [-0.2, -0.15) is 0 Å². The van der Waals surface area contributed by atoms with E-state index in [9.17, 15) is 14.7 Å². The van der Waals surface area contributed by atoms with Crippen molar-refractivity contribution in [3.05, 3.63) is 95.6 Å². The van der Waals surface area contributed by atoms with Gasteiger partial charge in [-0.25, -0.2) is 0 Å². The van der Waals surface area contributed by atoms with Crippen molar-refractivity contribution in [2.45, 2.75) is 12.6 Å². The zero-order chi connectivity index (χ0) is 21.1. The van der Waals surface area contributed by atoms with Gasteiger partial charge in [-0.15, -0.1) is 0 Å². The van der Waals surface area contributed by atoms with Crippen LogP contribution >= 0.6 is 0 Å². The molecule has 7 heteroatoms. The number of ether oxygens (including phenoxy) is 1. The Balaban J connectivity index is 1.85. The number of nitrogens with zero attached hydrogens (tertiary/aromatic N) is 3. The smallest absolute Gasteiger partial charge is 0.295 e.